The van der Waals surface area contributed by atoms with Crippen molar-refractivity contribution in [1.29, 1.82) is 0 Å². The van der Waals surface area contributed by atoms with Crippen LogP contribution in [0.15, 0.2) is 108 Å². The van der Waals surface area contributed by atoms with Gasteiger partial charge in [0.1, 0.15) is 4.90 Å². The lowest BCUT2D eigenvalue weighted by molar-refractivity contribution is -0.139. The Hall–Kier alpha value is -3.19. The molecule has 4 aromatic carbocycles. The van der Waals surface area contributed by atoms with Crippen LogP contribution in [0.4, 0.5) is 13.2 Å². The molecule has 1 N–H and O–H groups in total. The van der Waals surface area contributed by atoms with E-state index >= 15 is 0 Å². The van der Waals surface area contributed by atoms with Crippen LogP contribution in [0.3, 0.4) is 0 Å². The second-order valence-electron chi connectivity index (χ2n) is 7.45. The number of hydrogen-bond acceptors (Lipinski definition) is 3. The van der Waals surface area contributed by atoms with Gasteiger partial charge in [0.25, 0.3) is 10.1 Å². The SMILES string of the molecule is O=P(c1ccccc1)(c1ccccc1)c1ccccc1-c1cccc(S(=O)(=O)O)c1C(F)(F)F. The van der Waals surface area contributed by atoms with E-state index in [4.69, 9.17) is 0 Å². The maximum absolute atomic E-state index is 14.8. The Morgan fingerprint density at radius 2 is 1.12 bits per heavy atom. The molecule has 174 valence electrons. The van der Waals surface area contributed by atoms with Gasteiger partial charge in [-0.25, -0.2) is 0 Å². The summed E-state index contributed by atoms with van der Waals surface area (Å²) in [4.78, 5) is -1.26. The first-order valence-corrected chi connectivity index (χ1v) is 13.2. The highest BCUT2D eigenvalue weighted by atomic mass is 32.2. The normalized spacial score (nSPS) is 12.5. The van der Waals surface area contributed by atoms with Crippen molar-refractivity contribution >= 4 is 33.2 Å². The third-order valence-electron chi connectivity index (χ3n) is 5.36. The van der Waals surface area contributed by atoms with Crippen LogP contribution in [0.5, 0.6) is 0 Å². The first-order chi connectivity index (χ1) is 16.0. The molecule has 0 saturated heterocycles. The first-order valence-electron chi connectivity index (χ1n) is 10.0. The van der Waals surface area contributed by atoms with Crippen molar-refractivity contribution in [2.45, 2.75) is 11.1 Å². The zero-order valence-electron chi connectivity index (χ0n) is 17.5. The van der Waals surface area contributed by atoms with E-state index in [0.717, 1.165) is 12.1 Å². The highest BCUT2D eigenvalue weighted by Gasteiger charge is 2.41. The van der Waals surface area contributed by atoms with Crippen LogP contribution >= 0.6 is 7.14 Å². The maximum atomic E-state index is 14.8. The molecule has 34 heavy (non-hydrogen) atoms. The lowest BCUT2D eigenvalue weighted by Gasteiger charge is -2.24. The first kappa shape index (κ1) is 24.0. The maximum Gasteiger partial charge on any atom is 0.418 e. The van der Waals surface area contributed by atoms with Gasteiger partial charge in [-0.2, -0.15) is 21.6 Å². The predicted molar refractivity (Wildman–Crippen MR) is 126 cm³/mol. The van der Waals surface area contributed by atoms with E-state index in [2.05, 4.69) is 0 Å². The molecule has 0 heterocycles. The Kier molecular flexibility index (Phi) is 6.25. The molecule has 4 rings (SSSR count). The van der Waals surface area contributed by atoms with Crippen molar-refractivity contribution in [3.63, 3.8) is 0 Å². The monoisotopic (exact) mass is 502 g/mol. The zero-order valence-corrected chi connectivity index (χ0v) is 19.2. The molecule has 4 aromatic rings. The van der Waals surface area contributed by atoms with Crippen LogP contribution in [0.1, 0.15) is 5.56 Å². The molecule has 0 fully saturated rings. The molecular formula is C25H18F3O4PS. The Labute approximate surface area is 194 Å². The molecule has 9 heteroatoms. The molecule has 0 bridgehead atoms. The Morgan fingerprint density at radius 3 is 1.62 bits per heavy atom. The van der Waals surface area contributed by atoms with Crippen molar-refractivity contribution in [1.82, 2.24) is 0 Å². The summed E-state index contributed by atoms with van der Waals surface area (Å²) in [6.07, 6.45) is -5.11. The third kappa shape index (κ3) is 4.32. The van der Waals surface area contributed by atoms with Crippen LogP contribution in [-0.4, -0.2) is 13.0 Å². The number of benzene rings is 4. The molecule has 0 aliphatic carbocycles. The van der Waals surface area contributed by atoms with Gasteiger partial charge >= 0.3 is 6.18 Å². The van der Waals surface area contributed by atoms with Gasteiger partial charge in [0.2, 0.25) is 0 Å². The largest absolute Gasteiger partial charge is 0.418 e. The Morgan fingerprint density at radius 1 is 0.647 bits per heavy atom. The van der Waals surface area contributed by atoms with Crippen molar-refractivity contribution in [2.75, 3.05) is 0 Å². The highest BCUT2D eigenvalue weighted by Crippen LogP contribution is 2.47. The Balaban J connectivity index is 2.12. The van der Waals surface area contributed by atoms with Crippen LogP contribution in [0.25, 0.3) is 11.1 Å². The highest BCUT2D eigenvalue weighted by molar-refractivity contribution is 7.86. The van der Waals surface area contributed by atoms with E-state index in [1.165, 1.54) is 18.2 Å². The topological polar surface area (TPSA) is 71.4 Å². The van der Waals surface area contributed by atoms with Gasteiger partial charge in [-0.1, -0.05) is 97.1 Å². The van der Waals surface area contributed by atoms with Gasteiger partial charge in [0.15, 0.2) is 7.14 Å². The summed E-state index contributed by atoms with van der Waals surface area (Å²) in [6.45, 7) is 0. The number of alkyl halides is 3. The van der Waals surface area contributed by atoms with E-state index in [0.29, 0.717) is 16.7 Å². The molecule has 0 unspecified atom stereocenters. The summed E-state index contributed by atoms with van der Waals surface area (Å²) in [5, 5.41) is 0.937. The van der Waals surface area contributed by atoms with Gasteiger partial charge in [0.05, 0.1) is 5.56 Å². The Bertz CT molecular complexity index is 1440. The van der Waals surface area contributed by atoms with Gasteiger partial charge in [-0.3, -0.25) is 4.55 Å². The van der Waals surface area contributed by atoms with Crippen LogP contribution < -0.4 is 15.9 Å². The summed E-state index contributed by atoms with van der Waals surface area (Å²) in [5.74, 6) is 0. The van der Waals surface area contributed by atoms with Gasteiger partial charge < -0.3 is 4.57 Å². The van der Waals surface area contributed by atoms with Crippen LogP contribution in [0, 0.1) is 0 Å². The van der Waals surface area contributed by atoms with Crippen molar-refractivity contribution in [3.05, 3.63) is 109 Å². The van der Waals surface area contributed by atoms with Crippen molar-refractivity contribution in [2.24, 2.45) is 0 Å². The smallest absolute Gasteiger partial charge is 0.309 e. The van der Waals surface area contributed by atoms with Gasteiger partial charge in [-0.15, -0.1) is 0 Å². The molecule has 4 nitrogen and oxygen atoms in total. The van der Waals surface area contributed by atoms with E-state index in [1.54, 1.807) is 66.7 Å². The van der Waals surface area contributed by atoms with Crippen LogP contribution in [0.2, 0.25) is 0 Å². The third-order valence-corrected chi connectivity index (χ3v) is 9.38. The fraction of sp³-hybridized carbons (Fsp3) is 0.0400. The fourth-order valence-electron chi connectivity index (χ4n) is 3.94. The minimum absolute atomic E-state index is 0.0450. The van der Waals surface area contributed by atoms with E-state index in [-0.39, 0.29) is 10.9 Å². The molecule has 0 aliphatic rings. The number of halogens is 3. The van der Waals surface area contributed by atoms with E-state index < -0.39 is 39.5 Å². The molecule has 0 saturated carbocycles. The molecular weight excluding hydrogens is 484 g/mol. The zero-order chi connectivity index (χ0) is 24.6. The second-order valence-corrected chi connectivity index (χ2v) is 11.6. The minimum atomic E-state index is -5.19. The summed E-state index contributed by atoms with van der Waals surface area (Å²) in [6, 6.07) is 25.6. The fourth-order valence-corrected chi connectivity index (χ4v) is 7.54. The molecule has 0 aliphatic heterocycles. The summed E-state index contributed by atoms with van der Waals surface area (Å²) in [7, 11) is -8.88. The summed E-state index contributed by atoms with van der Waals surface area (Å²) >= 11 is 0. The molecule has 0 atom stereocenters. The van der Waals surface area contributed by atoms with Crippen molar-refractivity contribution < 1.29 is 30.7 Å². The lowest BCUT2D eigenvalue weighted by atomic mass is 9.99. The molecule has 0 radical (unpaired) electrons. The number of rotatable bonds is 5. The number of hydrogen-bond donors (Lipinski definition) is 1. The van der Waals surface area contributed by atoms with Crippen molar-refractivity contribution in [3.8, 4) is 11.1 Å². The average molecular weight is 502 g/mol. The molecule has 0 spiro atoms. The van der Waals surface area contributed by atoms with Crippen LogP contribution in [-0.2, 0) is 20.9 Å². The summed E-state index contributed by atoms with van der Waals surface area (Å²) in [5.41, 5.74) is -2.06. The summed E-state index contributed by atoms with van der Waals surface area (Å²) < 4.78 is 90.4. The average Bonchev–Trinajstić information content (AvgIpc) is 2.83. The minimum Gasteiger partial charge on any atom is -0.309 e. The van der Waals surface area contributed by atoms with Gasteiger partial charge in [0, 0.05) is 15.9 Å². The van der Waals surface area contributed by atoms with E-state index in [9.17, 15) is 30.7 Å². The second kappa shape index (κ2) is 8.87. The lowest BCUT2D eigenvalue weighted by Crippen LogP contribution is -2.27. The molecule has 0 amide bonds. The van der Waals surface area contributed by atoms with Gasteiger partial charge in [-0.05, 0) is 17.2 Å². The quantitative estimate of drug-likeness (QED) is 0.299. The van der Waals surface area contributed by atoms with E-state index in [1.807, 2.05) is 0 Å². The standard InChI is InChI=1S/C25H18F3O4PS/c26-25(27,28)24-21(15-9-17-23(24)34(30,31)32)20-14-7-8-16-22(20)33(29,18-10-3-1-4-11-18)19-12-5-2-6-13-19/h1-17H,(H,30,31,32). The predicted octanol–water partition coefficient (Wildman–Crippen LogP) is 5.26. The molecule has 0 aromatic heterocycles.